The number of nitrogens with zero attached hydrogens (tertiary/aromatic N) is 1. The molecular formula is C13H16BrNO3. The van der Waals surface area contributed by atoms with Crippen LogP contribution in [0.1, 0.15) is 23.2 Å². The van der Waals surface area contributed by atoms with E-state index in [9.17, 15) is 9.59 Å². The molecule has 98 valence electrons. The fourth-order valence-electron chi connectivity index (χ4n) is 1.65. The average molecular weight is 314 g/mol. The van der Waals surface area contributed by atoms with Gasteiger partial charge in [-0.25, -0.2) is 0 Å². The molecule has 0 aliphatic heterocycles. The molecule has 0 amide bonds. The number of carbonyl (C=O) groups is 2. The Labute approximate surface area is 115 Å². The second-order valence-electron chi connectivity index (χ2n) is 3.92. The second kappa shape index (κ2) is 7.16. The van der Waals surface area contributed by atoms with Gasteiger partial charge in [-0.15, -0.1) is 0 Å². The van der Waals surface area contributed by atoms with Crippen LogP contribution < -0.4 is 4.90 Å². The van der Waals surface area contributed by atoms with Gasteiger partial charge in [-0.05, 0) is 24.6 Å². The Morgan fingerprint density at radius 1 is 1.50 bits per heavy atom. The molecular weight excluding hydrogens is 298 g/mol. The van der Waals surface area contributed by atoms with Crippen molar-refractivity contribution in [1.82, 2.24) is 0 Å². The van der Waals surface area contributed by atoms with Gasteiger partial charge in [0, 0.05) is 35.7 Å². The summed E-state index contributed by atoms with van der Waals surface area (Å²) in [5, 5.41) is 0. The summed E-state index contributed by atoms with van der Waals surface area (Å²) >= 11 is 3.33. The number of hydrogen-bond donors (Lipinski definition) is 0. The van der Waals surface area contributed by atoms with Crippen molar-refractivity contribution >= 4 is 33.9 Å². The zero-order valence-electron chi connectivity index (χ0n) is 10.5. The number of ether oxygens (including phenoxy) is 1. The molecule has 0 atom stereocenters. The van der Waals surface area contributed by atoms with E-state index in [1.54, 1.807) is 6.07 Å². The summed E-state index contributed by atoms with van der Waals surface area (Å²) in [5.74, 6) is -0.213. The first-order valence-electron chi connectivity index (χ1n) is 5.61. The molecule has 1 aromatic carbocycles. The van der Waals surface area contributed by atoms with E-state index < -0.39 is 0 Å². The van der Waals surface area contributed by atoms with Crippen LogP contribution in [0.5, 0.6) is 0 Å². The van der Waals surface area contributed by atoms with Crippen molar-refractivity contribution in [3.05, 3.63) is 28.2 Å². The van der Waals surface area contributed by atoms with Crippen molar-refractivity contribution in [3.63, 3.8) is 0 Å². The summed E-state index contributed by atoms with van der Waals surface area (Å²) in [7, 11) is 3.28. The normalized spacial score (nSPS) is 9.94. The number of rotatable bonds is 6. The van der Waals surface area contributed by atoms with E-state index in [1.165, 1.54) is 7.11 Å². The summed E-state index contributed by atoms with van der Waals surface area (Å²) in [6.07, 6.45) is 1.90. The second-order valence-corrected chi connectivity index (χ2v) is 4.84. The first-order valence-corrected chi connectivity index (χ1v) is 6.40. The molecule has 0 radical (unpaired) electrons. The van der Waals surface area contributed by atoms with Crippen LogP contribution in [0.25, 0.3) is 0 Å². The highest BCUT2D eigenvalue weighted by atomic mass is 79.9. The van der Waals surface area contributed by atoms with Crippen molar-refractivity contribution in [3.8, 4) is 0 Å². The Morgan fingerprint density at radius 2 is 2.22 bits per heavy atom. The first-order chi connectivity index (χ1) is 8.58. The van der Waals surface area contributed by atoms with Crippen molar-refractivity contribution in [2.45, 2.75) is 12.8 Å². The molecule has 1 rings (SSSR count). The molecule has 0 saturated heterocycles. The molecule has 0 N–H and O–H groups in total. The summed E-state index contributed by atoms with van der Waals surface area (Å²) in [6.45, 7) is 0.692. The number of anilines is 1. The van der Waals surface area contributed by atoms with Crippen molar-refractivity contribution < 1.29 is 14.3 Å². The third-order valence-corrected chi connectivity index (χ3v) is 3.12. The molecule has 0 unspecified atom stereocenters. The van der Waals surface area contributed by atoms with E-state index in [0.717, 1.165) is 16.4 Å². The Kier molecular flexibility index (Phi) is 5.85. The standard InChI is InChI=1S/C13H16BrNO3/c1-15(7-3-4-13(17)18-2)12-6-5-11(14)8-10(12)9-16/h5-6,8-9H,3-4,7H2,1-2H3. The largest absolute Gasteiger partial charge is 0.469 e. The third-order valence-electron chi connectivity index (χ3n) is 2.63. The zero-order valence-corrected chi connectivity index (χ0v) is 12.1. The van der Waals surface area contributed by atoms with Crippen LogP contribution in [0.4, 0.5) is 5.69 Å². The minimum absolute atomic E-state index is 0.213. The van der Waals surface area contributed by atoms with Crippen LogP contribution in [-0.2, 0) is 9.53 Å². The van der Waals surface area contributed by atoms with Crippen LogP contribution in [0.15, 0.2) is 22.7 Å². The Morgan fingerprint density at radius 3 is 2.83 bits per heavy atom. The highest BCUT2D eigenvalue weighted by molar-refractivity contribution is 9.10. The Bertz CT molecular complexity index is 434. The van der Waals surface area contributed by atoms with Crippen LogP contribution in [0, 0.1) is 0 Å². The van der Waals surface area contributed by atoms with Crippen LogP contribution in [-0.4, -0.2) is 33.0 Å². The van der Waals surface area contributed by atoms with E-state index in [1.807, 2.05) is 24.1 Å². The molecule has 18 heavy (non-hydrogen) atoms. The minimum Gasteiger partial charge on any atom is -0.469 e. The fraction of sp³-hybridized carbons (Fsp3) is 0.385. The van der Waals surface area contributed by atoms with Crippen molar-refractivity contribution in [2.75, 3.05) is 25.6 Å². The molecule has 1 aromatic rings. The molecule has 0 fully saturated rings. The molecule has 0 aliphatic rings. The highest BCUT2D eigenvalue weighted by Gasteiger charge is 2.08. The number of esters is 1. The van der Waals surface area contributed by atoms with Gasteiger partial charge in [0.2, 0.25) is 0 Å². The molecule has 0 spiro atoms. The maximum atomic E-state index is 11.0. The zero-order chi connectivity index (χ0) is 13.5. The summed E-state index contributed by atoms with van der Waals surface area (Å²) in [5.41, 5.74) is 1.49. The van der Waals surface area contributed by atoms with Gasteiger partial charge < -0.3 is 9.64 Å². The molecule has 4 nitrogen and oxygen atoms in total. The number of aldehydes is 1. The smallest absolute Gasteiger partial charge is 0.305 e. The van der Waals surface area contributed by atoms with Gasteiger partial charge in [-0.2, -0.15) is 0 Å². The predicted octanol–water partition coefficient (Wildman–Crippen LogP) is 2.65. The Balaban J connectivity index is 2.63. The summed E-state index contributed by atoms with van der Waals surface area (Å²) in [6, 6.07) is 5.55. The number of hydrogen-bond acceptors (Lipinski definition) is 4. The van der Waals surface area contributed by atoms with E-state index in [0.29, 0.717) is 24.9 Å². The van der Waals surface area contributed by atoms with E-state index in [4.69, 9.17) is 0 Å². The number of halogens is 1. The monoisotopic (exact) mass is 313 g/mol. The lowest BCUT2D eigenvalue weighted by Crippen LogP contribution is -2.20. The molecule has 0 aromatic heterocycles. The highest BCUT2D eigenvalue weighted by Crippen LogP contribution is 2.22. The van der Waals surface area contributed by atoms with Gasteiger partial charge in [0.05, 0.1) is 7.11 Å². The van der Waals surface area contributed by atoms with E-state index in [-0.39, 0.29) is 5.97 Å². The molecule has 0 saturated carbocycles. The summed E-state index contributed by atoms with van der Waals surface area (Å²) < 4.78 is 5.45. The van der Waals surface area contributed by atoms with E-state index >= 15 is 0 Å². The summed E-state index contributed by atoms with van der Waals surface area (Å²) in [4.78, 5) is 23.9. The van der Waals surface area contributed by atoms with Crippen LogP contribution >= 0.6 is 15.9 Å². The maximum absolute atomic E-state index is 11.0. The Hall–Kier alpha value is -1.36. The molecule has 0 aliphatic carbocycles. The molecule has 0 heterocycles. The van der Waals surface area contributed by atoms with Gasteiger partial charge in [0.1, 0.15) is 0 Å². The lowest BCUT2D eigenvalue weighted by Gasteiger charge is -2.20. The number of carbonyl (C=O) groups excluding carboxylic acids is 2. The van der Waals surface area contributed by atoms with Crippen molar-refractivity contribution in [2.24, 2.45) is 0 Å². The van der Waals surface area contributed by atoms with Gasteiger partial charge in [0.25, 0.3) is 0 Å². The average Bonchev–Trinajstić information content (AvgIpc) is 2.37. The van der Waals surface area contributed by atoms with Gasteiger partial charge >= 0.3 is 5.97 Å². The number of benzene rings is 1. The predicted molar refractivity (Wildman–Crippen MR) is 74.0 cm³/mol. The quantitative estimate of drug-likeness (QED) is 0.598. The lowest BCUT2D eigenvalue weighted by atomic mass is 10.1. The topological polar surface area (TPSA) is 46.6 Å². The first kappa shape index (κ1) is 14.7. The maximum Gasteiger partial charge on any atom is 0.305 e. The fourth-order valence-corrected chi connectivity index (χ4v) is 2.03. The van der Waals surface area contributed by atoms with Gasteiger partial charge in [-0.3, -0.25) is 9.59 Å². The van der Waals surface area contributed by atoms with Crippen LogP contribution in [0.3, 0.4) is 0 Å². The third kappa shape index (κ3) is 4.14. The van der Waals surface area contributed by atoms with E-state index in [2.05, 4.69) is 20.7 Å². The van der Waals surface area contributed by atoms with Gasteiger partial charge in [-0.1, -0.05) is 15.9 Å². The molecule has 0 bridgehead atoms. The SMILES string of the molecule is COC(=O)CCCN(C)c1ccc(Br)cc1C=O. The van der Waals surface area contributed by atoms with Crippen molar-refractivity contribution in [1.29, 1.82) is 0 Å². The van der Waals surface area contributed by atoms with Crippen LogP contribution in [0.2, 0.25) is 0 Å². The van der Waals surface area contributed by atoms with Gasteiger partial charge in [0.15, 0.2) is 6.29 Å². The lowest BCUT2D eigenvalue weighted by molar-refractivity contribution is -0.140. The number of methoxy groups -OCH3 is 1. The minimum atomic E-state index is -0.213. The molecule has 5 heteroatoms.